The van der Waals surface area contributed by atoms with E-state index in [2.05, 4.69) is 27.7 Å². The summed E-state index contributed by atoms with van der Waals surface area (Å²) >= 11 is 0. The van der Waals surface area contributed by atoms with Crippen molar-refractivity contribution in [2.24, 2.45) is 11.3 Å². The van der Waals surface area contributed by atoms with E-state index in [0.717, 1.165) is 12.8 Å². The van der Waals surface area contributed by atoms with E-state index in [4.69, 9.17) is 4.74 Å². The van der Waals surface area contributed by atoms with E-state index >= 15 is 0 Å². The minimum absolute atomic E-state index is 0.0783. The summed E-state index contributed by atoms with van der Waals surface area (Å²) < 4.78 is 5.45. The van der Waals surface area contributed by atoms with Crippen LogP contribution in [-0.2, 0) is 9.53 Å². The van der Waals surface area contributed by atoms with Crippen molar-refractivity contribution in [3.8, 4) is 0 Å². The Morgan fingerprint density at radius 3 is 2.62 bits per heavy atom. The first kappa shape index (κ1) is 9.20. The Kier molecular flexibility index (Phi) is 1.66. The second-order valence-electron chi connectivity index (χ2n) is 5.67. The van der Waals surface area contributed by atoms with Crippen LogP contribution in [0.1, 0.15) is 40.5 Å². The highest BCUT2D eigenvalue weighted by Crippen LogP contribution is 2.50. The SMILES string of the molecule is CC(C)(C)[C@H]1CC[C@@]2(C)O[C@H]2C1=O. The summed E-state index contributed by atoms with van der Waals surface area (Å²) in [5.74, 6) is 0.536. The smallest absolute Gasteiger partial charge is 0.168 e. The van der Waals surface area contributed by atoms with Crippen molar-refractivity contribution in [1.82, 2.24) is 0 Å². The fourth-order valence-electron chi connectivity index (χ4n) is 2.40. The molecule has 13 heavy (non-hydrogen) atoms. The van der Waals surface area contributed by atoms with Crippen LogP contribution in [0, 0.1) is 11.3 Å². The molecular formula is C11H18O2. The zero-order chi connectivity index (χ0) is 9.85. The van der Waals surface area contributed by atoms with Gasteiger partial charge in [-0.25, -0.2) is 0 Å². The van der Waals surface area contributed by atoms with Gasteiger partial charge in [-0.3, -0.25) is 4.79 Å². The number of fused-ring (bicyclic) bond motifs is 1. The van der Waals surface area contributed by atoms with Crippen LogP contribution in [0.15, 0.2) is 0 Å². The molecule has 0 aromatic carbocycles. The van der Waals surface area contributed by atoms with Crippen LogP contribution in [0.5, 0.6) is 0 Å². The fourth-order valence-corrected chi connectivity index (χ4v) is 2.40. The number of epoxide rings is 1. The molecule has 0 unspecified atom stereocenters. The number of carbonyl (C=O) groups is 1. The first-order valence-corrected chi connectivity index (χ1v) is 5.06. The van der Waals surface area contributed by atoms with E-state index in [1.165, 1.54) is 0 Å². The van der Waals surface area contributed by atoms with Gasteiger partial charge in [-0.05, 0) is 25.2 Å². The maximum Gasteiger partial charge on any atom is 0.168 e. The molecule has 0 aromatic heterocycles. The lowest BCUT2D eigenvalue weighted by Gasteiger charge is -2.32. The molecule has 0 amide bonds. The van der Waals surface area contributed by atoms with Gasteiger partial charge in [0, 0.05) is 5.92 Å². The molecule has 0 aromatic rings. The largest absolute Gasteiger partial charge is 0.358 e. The highest BCUT2D eigenvalue weighted by atomic mass is 16.6. The van der Waals surface area contributed by atoms with Crippen molar-refractivity contribution >= 4 is 5.78 Å². The van der Waals surface area contributed by atoms with Crippen LogP contribution in [0.4, 0.5) is 0 Å². The third-order valence-corrected chi connectivity index (χ3v) is 3.46. The highest BCUT2D eigenvalue weighted by Gasteiger charge is 2.61. The van der Waals surface area contributed by atoms with Gasteiger partial charge in [-0.15, -0.1) is 0 Å². The van der Waals surface area contributed by atoms with Crippen molar-refractivity contribution in [1.29, 1.82) is 0 Å². The predicted octanol–water partition coefficient (Wildman–Crippen LogP) is 2.17. The average molecular weight is 182 g/mol. The lowest BCUT2D eigenvalue weighted by atomic mass is 9.69. The van der Waals surface area contributed by atoms with E-state index in [1.807, 2.05) is 0 Å². The van der Waals surface area contributed by atoms with Crippen LogP contribution in [-0.4, -0.2) is 17.5 Å². The maximum atomic E-state index is 11.9. The molecule has 0 bridgehead atoms. The van der Waals surface area contributed by atoms with Crippen molar-refractivity contribution in [3.05, 3.63) is 0 Å². The van der Waals surface area contributed by atoms with Crippen LogP contribution in [0.2, 0.25) is 0 Å². The fraction of sp³-hybridized carbons (Fsp3) is 0.909. The molecule has 2 heteroatoms. The highest BCUT2D eigenvalue weighted by molar-refractivity contribution is 5.90. The minimum atomic E-state index is -0.0845. The van der Waals surface area contributed by atoms with Gasteiger partial charge < -0.3 is 4.74 Å². The average Bonchev–Trinajstić information content (AvgIpc) is 2.60. The summed E-state index contributed by atoms with van der Waals surface area (Å²) in [5, 5.41) is 0. The first-order chi connectivity index (χ1) is 5.84. The molecule has 1 saturated heterocycles. The van der Waals surface area contributed by atoms with Gasteiger partial charge in [0.2, 0.25) is 0 Å². The van der Waals surface area contributed by atoms with Crippen LogP contribution in [0.3, 0.4) is 0 Å². The second-order valence-corrected chi connectivity index (χ2v) is 5.67. The van der Waals surface area contributed by atoms with Gasteiger partial charge in [0.1, 0.15) is 6.10 Å². The number of ether oxygens (including phenoxy) is 1. The zero-order valence-corrected chi connectivity index (χ0v) is 8.89. The number of rotatable bonds is 0. The van der Waals surface area contributed by atoms with E-state index in [9.17, 15) is 4.79 Å². The Hall–Kier alpha value is -0.370. The first-order valence-electron chi connectivity index (χ1n) is 5.06. The van der Waals surface area contributed by atoms with E-state index in [0.29, 0.717) is 5.78 Å². The molecule has 2 rings (SSSR count). The lowest BCUT2D eigenvalue weighted by molar-refractivity contribution is -0.128. The van der Waals surface area contributed by atoms with Gasteiger partial charge in [0.15, 0.2) is 5.78 Å². The van der Waals surface area contributed by atoms with Gasteiger partial charge in [-0.1, -0.05) is 20.8 Å². The minimum Gasteiger partial charge on any atom is -0.358 e. The molecule has 2 nitrogen and oxygen atoms in total. The van der Waals surface area contributed by atoms with Crippen LogP contribution in [0.25, 0.3) is 0 Å². The van der Waals surface area contributed by atoms with Crippen molar-refractivity contribution in [2.45, 2.75) is 52.2 Å². The molecule has 1 aliphatic heterocycles. The third-order valence-electron chi connectivity index (χ3n) is 3.46. The van der Waals surface area contributed by atoms with Crippen LogP contribution >= 0.6 is 0 Å². The Labute approximate surface area is 79.7 Å². The molecular weight excluding hydrogens is 164 g/mol. The third kappa shape index (κ3) is 1.32. The number of hydrogen-bond acceptors (Lipinski definition) is 2. The summed E-state index contributed by atoms with van der Waals surface area (Å²) in [6.45, 7) is 8.47. The standard InChI is InChI=1S/C11H18O2/c1-10(2,3)7-5-6-11(4)9(13-11)8(7)12/h7,9H,5-6H2,1-4H3/t7-,9-,11+/m0/s1. The lowest BCUT2D eigenvalue weighted by Crippen LogP contribution is -2.38. The van der Waals surface area contributed by atoms with Gasteiger partial charge in [0.05, 0.1) is 5.60 Å². The Bertz CT molecular complexity index is 251. The number of ketones is 1. The van der Waals surface area contributed by atoms with Crippen molar-refractivity contribution < 1.29 is 9.53 Å². The summed E-state index contributed by atoms with van der Waals surface area (Å²) in [6, 6.07) is 0. The monoisotopic (exact) mass is 182 g/mol. The molecule has 0 spiro atoms. The van der Waals surface area contributed by atoms with E-state index in [-0.39, 0.29) is 23.0 Å². The summed E-state index contributed by atoms with van der Waals surface area (Å²) in [6.07, 6.45) is 1.96. The molecule has 0 radical (unpaired) electrons. The Morgan fingerprint density at radius 2 is 2.08 bits per heavy atom. The maximum absolute atomic E-state index is 11.9. The van der Waals surface area contributed by atoms with Gasteiger partial charge >= 0.3 is 0 Å². The van der Waals surface area contributed by atoms with E-state index in [1.54, 1.807) is 0 Å². The Balaban J connectivity index is 2.14. The summed E-state index contributed by atoms with van der Waals surface area (Å²) in [5.41, 5.74) is 0.0171. The topological polar surface area (TPSA) is 29.6 Å². The molecule has 0 N–H and O–H groups in total. The molecule has 2 aliphatic rings. The van der Waals surface area contributed by atoms with Crippen molar-refractivity contribution in [3.63, 3.8) is 0 Å². The number of hydrogen-bond donors (Lipinski definition) is 0. The Morgan fingerprint density at radius 1 is 1.46 bits per heavy atom. The summed E-state index contributed by atoms with van der Waals surface area (Å²) in [4.78, 5) is 11.9. The second kappa shape index (κ2) is 2.35. The number of Topliss-reactive ketones (excluding diaryl/α,β-unsaturated/α-hetero) is 1. The van der Waals surface area contributed by atoms with Gasteiger partial charge in [0.25, 0.3) is 0 Å². The molecule has 1 aliphatic carbocycles. The van der Waals surface area contributed by atoms with Crippen LogP contribution < -0.4 is 0 Å². The van der Waals surface area contributed by atoms with Gasteiger partial charge in [-0.2, -0.15) is 0 Å². The number of carbonyl (C=O) groups excluding carboxylic acids is 1. The normalized spacial score (nSPS) is 44.5. The molecule has 74 valence electrons. The molecule has 1 saturated carbocycles. The molecule has 2 fully saturated rings. The zero-order valence-electron chi connectivity index (χ0n) is 8.89. The van der Waals surface area contributed by atoms with Crippen molar-refractivity contribution in [2.75, 3.05) is 0 Å². The van der Waals surface area contributed by atoms with E-state index < -0.39 is 0 Å². The summed E-state index contributed by atoms with van der Waals surface area (Å²) in [7, 11) is 0. The molecule has 1 heterocycles. The quantitative estimate of drug-likeness (QED) is 0.537. The predicted molar refractivity (Wildman–Crippen MR) is 50.5 cm³/mol. The molecule has 3 atom stereocenters.